The van der Waals surface area contributed by atoms with E-state index in [1.165, 1.54) is 110 Å². The average molecular weight is 356 g/mol. The lowest BCUT2D eigenvalue weighted by Crippen LogP contribution is -2.24. The number of hydrogen-bond donors (Lipinski definition) is 1. The molecule has 0 bridgehead atoms. The first-order valence-corrected chi connectivity index (χ1v) is 11.1. The number of carbonyl (C=O) groups is 1. The molecule has 0 aromatic carbocycles. The number of methoxy groups -OCH3 is 1. The molecule has 0 spiro atoms. The summed E-state index contributed by atoms with van der Waals surface area (Å²) >= 11 is 0. The minimum atomic E-state index is -0.174. The molecule has 25 heavy (non-hydrogen) atoms. The van der Waals surface area contributed by atoms with Gasteiger partial charge >= 0.3 is 5.97 Å². The van der Waals surface area contributed by atoms with Gasteiger partial charge in [0.15, 0.2) is 0 Å². The second-order valence-corrected chi connectivity index (χ2v) is 7.41. The maximum atomic E-state index is 10.9. The third-order valence-corrected chi connectivity index (χ3v) is 4.95. The highest BCUT2D eigenvalue weighted by Gasteiger charge is 1.98. The van der Waals surface area contributed by atoms with Crippen molar-refractivity contribution in [1.82, 2.24) is 5.32 Å². The van der Waals surface area contributed by atoms with Gasteiger partial charge in [0.05, 0.1) is 13.7 Å². The number of rotatable bonds is 20. The number of unbranched alkanes of at least 4 members (excludes halogenated alkanes) is 16. The monoisotopic (exact) mass is 355 g/mol. The smallest absolute Gasteiger partial charge is 0.319 e. The summed E-state index contributed by atoms with van der Waals surface area (Å²) < 4.78 is 4.59. The molecule has 150 valence electrons. The largest absolute Gasteiger partial charge is 0.468 e. The van der Waals surface area contributed by atoms with Crippen LogP contribution in [0.5, 0.6) is 0 Å². The van der Waals surface area contributed by atoms with Crippen LogP contribution in [0.1, 0.15) is 116 Å². The molecule has 0 aliphatic rings. The first kappa shape index (κ1) is 24.4. The van der Waals surface area contributed by atoms with Gasteiger partial charge in [-0.05, 0) is 13.0 Å². The van der Waals surface area contributed by atoms with Gasteiger partial charge in [-0.3, -0.25) is 4.79 Å². The number of hydrogen-bond acceptors (Lipinski definition) is 3. The molecule has 3 nitrogen and oxygen atoms in total. The molecule has 0 heterocycles. The van der Waals surface area contributed by atoms with Crippen LogP contribution in [0, 0.1) is 0 Å². The molecule has 0 fully saturated rings. The van der Waals surface area contributed by atoms with E-state index in [0.29, 0.717) is 6.54 Å². The van der Waals surface area contributed by atoms with Crippen LogP contribution in [-0.4, -0.2) is 26.2 Å². The fourth-order valence-electron chi connectivity index (χ4n) is 3.24. The molecule has 0 saturated heterocycles. The lowest BCUT2D eigenvalue weighted by atomic mass is 10.0. The molecule has 0 aromatic heterocycles. The van der Waals surface area contributed by atoms with Crippen LogP contribution in [0.25, 0.3) is 0 Å². The summed E-state index contributed by atoms with van der Waals surface area (Å²) in [5.74, 6) is -0.174. The van der Waals surface area contributed by atoms with Crippen LogP contribution in [0.15, 0.2) is 0 Å². The van der Waals surface area contributed by atoms with Crippen LogP contribution < -0.4 is 5.32 Å². The van der Waals surface area contributed by atoms with Gasteiger partial charge in [-0.25, -0.2) is 0 Å². The minimum Gasteiger partial charge on any atom is -0.468 e. The van der Waals surface area contributed by atoms with Crippen LogP contribution in [0.4, 0.5) is 0 Å². The summed E-state index contributed by atoms with van der Waals surface area (Å²) in [5, 5.41) is 3.11. The van der Waals surface area contributed by atoms with E-state index >= 15 is 0 Å². The Morgan fingerprint density at radius 2 is 1.00 bits per heavy atom. The van der Waals surface area contributed by atoms with Crippen molar-refractivity contribution in [2.45, 2.75) is 116 Å². The maximum absolute atomic E-state index is 10.9. The maximum Gasteiger partial charge on any atom is 0.319 e. The number of ether oxygens (including phenoxy) is 1. The topological polar surface area (TPSA) is 38.3 Å². The molecular formula is C22H45NO2. The van der Waals surface area contributed by atoms with E-state index in [0.717, 1.165) is 13.0 Å². The highest BCUT2D eigenvalue weighted by molar-refractivity contribution is 5.71. The predicted octanol–water partition coefficient (Wildman–Crippen LogP) is 6.40. The lowest BCUT2D eigenvalue weighted by molar-refractivity contribution is -0.139. The molecule has 0 saturated carbocycles. The lowest BCUT2D eigenvalue weighted by Gasteiger charge is -2.04. The Morgan fingerprint density at radius 3 is 1.36 bits per heavy atom. The third-order valence-electron chi connectivity index (χ3n) is 4.95. The first-order chi connectivity index (χ1) is 12.3. The van der Waals surface area contributed by atoms with Crippen molar-refractivity contribution in [2.24, 2.45) is 0 Å². The summed E-state index contributed by atoms with van der Waals surface area (Å²) in [6.07, 6.45) is 23.7. The Morgan fingerprint density at radius 1 is 0.640 bits per heavy atom. The summed E-state index contributed by atoms with van der Waals surface area (Å²) in [6.45, 7) is 3.55. The second kappa shape index (κ2) is 21.5. The van der Waals surface area contributed by atoms with Crippen LogP contribution in [0.3, 0.4) is 0 Å². The molecular weight excluding hydrogens is 310 g/mol. The van der Waals surface area contributed by atoms with Gasteiger partial charge in [0.2, 0.25) is 0 Å². The Labute approximate surface area is 157 Å². The van der Waals surface area contributed by atoms with Gasteiger partial charge in [-0.1, -0.05) is 110 Å². The average Bonchev–Trinajstić information content (AvgIpc) is 2.63. The Hall–Kier alpha value is -0.570. The molecule has 0 aliphatic carbocycles. The molecule has 0 radical (unpaired) electrons. The molecule has 0 aromatic rings. The highest BCUT2D eigenvalue weighted by atomic mass is 16.5. The summed E-state index contributed by atoms with van der Waals surface area (Å²) in [6, 6.07) is 0. The first-order valence-electron chi connectivity index (χ1n) is 11.1. The van der Waals surface area contributed by atoms with Crippen LogP contribution in [0.2, 0.25) is 0 Å². The van der Waals surface area contributed by atoms with E-state index in [1.807, 2.05) is 0 Å². The van der Waals surface area contributed by atoms with Crippen molar-refractivity contribution in [3.8, 4) is 0 Å². The molecule has 3 heteroatoms. The minimum absolute atomic E-state index is 0.174. The van der Waals surface area contributed by atoms with E-state index in [-0.39, 0.29) is 5.97 Å². The van der Waals surface area contributed by atoms with Crippen LogP contribution >= 0.6 is 0 Å². The number of esters is 1. The van der Waals surface area contributed by atoms with E-state index in [9.17, 15) is 4.79 Å². The Kier molecular flexibility index (Phi) is 21.0. The normalized spacial score (nSPS) is 11.0. The zero-order chi connectivity index (χ0) is 18.4. The number of carbonyl (C=O) groups excluding carboxylic acids is 1. The van der Waals surface area contributed by atoms with Crippen molar-refractivity contribution < 1.29 is 9.53 Å². The zero-order valence-electron chi connectivity index (χ0n) is 17.3. The molecule has 0 rings (SSSR count). The van der Waals surface area contributed by atoms with Crippen molar-refractivity contribution in [1.29, 1.82) is 0 Å². The standard InChI is InChI=1S/C22H45NO2/c1-3-4-5-6-7-8-9-10-11-12-13-14-15-16-17-18-19-20-23-21-22(24)25-2/h23H,3-21H2,1-2H3. The molecule has 0 atom stereocenters. The number of nitrogens with one attached hydrogen (secondary N) is 1. The van der Waals surface area contributed by atoms with Crippen LogP contribution in [-0.2, 0) is 9.53 Å². The van der Waals surface area contributed by atoms with E-state index in [4.69, 9.17) is 0 Å². The van der Waals surface area contributed by atoms with E-state index < -0.39 is 0 Å². The molecule has 0 aliphatic heterocycles. The van der Waals surface area contributed by atoms with Crippen molar-refractivity contribution >= 4 is 5.97 Å². The fraction of sp³-hybridized carbons (Fsp3) is 0.955. The summed E-state index contributed by atoms with van der Waals surface area (Å²) in [5.41, 5.74) is 0. The van der Waals surface area contributed by atoms with Gasteiger partial charge in [-0.2, -0.15) is 0 Å². The van der Waals surface area contributed by atoms with Crippen molar-refractivity contribution in [3.05, 3.63) is 0 Å². The van der Waals surface area contributed by atoms with Gasteiger partial charge in [0, 0.05) is 0 Å². The van der Waals surface area contributed by atoms with Gasteiger partial charge in [0.25, 0.3) is 0 Å². The summed E-state index contributed by atoms with van der Waals surface area (Å²) in [4.78, 5) is 10.9. The van der Waals surface area contributed by atoms with Gasteiger partial charge < -0.3 is 10.1 Å². The Bertz CT molecular complexity index is 269. The van der Waals surface area contributed by atoms with E-state index in [2.05, 4.69) is 17.0 Å². The quantitative estimate of drug-likeness (QED) is 0.203. The van der Waals surface area contributed by atoms with Gasteiger partial charge in [-0.15, -0.1) is 0 Å². The van der Waals surface area contributed by atoms with Crippen molar-refractivity contribution in [3.63, 3.8) is 0 Å². The SMILES string of the molecule is CCCCCCCCCCCCCCCCCCCNCC(=O)OC. The molecule has 0 amide bonds. The highest BCUT2D eigenvalue weighted by Crippen LogP contribution is 2.13. The fourth-order valence-corrected chi connectivity index (χ4v) is 3.24. The predicted molar refractivity (Wildman–Crippen MR) is 109 cm³/mol. The van der Waals surface area contributed by atoms with Gasteiger partial charge in [0.1, 0.15) is 0 Å². The summed E-state index contributed by atoms with van der Waals surface area (Å²) in [7, 11) is 1.43. The molecule has 1 N–H and O–H groups in total. The van der Waals surface area contributed by atoms with E-state index in [1.54, 1.807) is 0 Å². The third kappa shape index (κ3) is 21.4. The Balaban J connectivity index is 2.99. The second-order valence-electron chi connectivity index (χ2n) is 7.41. The molecule has 0 unspecified atom stereocenters. The van der Waals surface area contributed by atoms with Crippen molar-refractivity contribution in [2.75, 3.05) is 20.2 Å². The zero-order valence-corrected chi connectivity index (χ0v) is 17.3.